The Balaban J connectivity index is 3.38. The highest BCUT2D eigenvalue weighted by Crippen LogP contribution is 2.17. The zero-order valence-corrected chi connectivity index (χ0v) is 47.7. The number of rotatable bonds is 59. The van der Waals surface area contributed by atoms with Crippen LogP contribution >= 0.6 is 0 Å². The maximum atomic E-state index is 12.4. The number of allylic oxidation sites excluding steroid dienone is 5. The van der Waals surface area contributed by atoms with Crippen molar-refractivity contribution in [3.63, 3.8) is 0 Å². The molecule has 71 heavy (non-hydrogen) atoms. The van der Waals surface area contributed by atoms with Crippen LogP contribution in [-0.4, -0.2) is 47.4 Å². The Labute approximate surface area is 443 Å². The van der Waals surface area contributed by atoms with Gasteiger partial charge in [-0.25, -0.2) is 0 Å². The van der Waals surface area contributed by atoms with E-state index in [-0.39, 0.29) is 18.5 Å². The van der Waals surface area contributed by atoms with Crippen molar-refractivity contribution >= 4 is 11.9 Å². The number of carbonyl (C=O) groups excluding carboxylic acids is 2. The van der Waals surface area contributed by atoms with Crippen LogP contribution in [0.3, 0.4) is 0 Å². The van der Waals surface area contributed by atoms with E-state index in [4.69, 9.17) is 4.74 Å². The third kappa shape index (κ3) is 57.2. The fourth-order valence-corrected chi connectivity index (χ4v) is 9.73. The summed E-state index contributed by atoms with van der Waals surface area (Å²) in [6.07, 6.45) is 76.3. The van der Waals surface area contributed by atoms with E-state index in [1.54, 1.807) is 6.08 Å². The first-order chi connectivity index (χ1) is 35.0. The SMILES string of the molecule is CCCC/C=C\CCCCCCCC(=O)OCCCCCCCCCCCCCC/C=C\CCCCCCCCCCCCCCCCC(=O)NC(CO)C(O)/C=C/CCCCCCCCCCCCC. The van der Waals surface area contributed by atoms with Gasteiger partial charge in [0.1, 0.15) is 0 Å². The van der Waals surface area contributed by atoms with Gasteiger partial charge in [-0.2, -0.15) is 0 Å². The van der Waals surface area contributed by atoms with Gasteiger partial charge in [-0.3, -0.25) is 9.59 Å². The van der Waals surface area contributed by atoms with Crippen molar-refractivity contribution in [3.05, 3.63) is 36.5 Å². The molecule has 0 spiro atoms. The summed E-state index contributed by atoms with van der Waals surface area (Å²) in [4.78, 5) is 24.4. The second-order valence-electron chi connectivity index (χ2n) is 21.7. The molecule has 0 aromatic heterocycles. The monoisotopic (exact) mass is 998 g/mol. The minimum Gasteiger partial charge on any atom is -0.466 e. The standard InChI is InChI=1S/C65H123NO5/c1-3-5-7-9-11-13-15-34-38-41-45-49-53-57-63(68)62(61-67)66-64(69)58-54-50-46-42-39-35-32-30-28-26-24-22-20-18-16-17-19-21-23-25-27-29-31-33-36-40-44-48-52-56-60-71-65(70)59-55-51-47-43-37-14-12-10-8-6-4-2/h10,12,17,19,53,57,62-63,67-68H,3-9,11,13-16,18,20-52,54-56,58-61H2,1-2H3,(H,66,69)/b12-10-,19-17-,57-53+. The highest BCUT2D eigenvalue weighted by molar-refractivity contribution is 5.76. The summed E-state index contributed by atoms with van der Waals surface area (Å²) in [6.45, 7) is 4.87. The first-order valence-electron chi connectivity index (χ1n) is 31.8. The summed E-state index contributed by atoms with van der Waals surface area (Å²) < 4.78 is 5.46. The van der Waals surface area contributed by atoms with Crippen LogP contribution in [0.5, 0.6) is 0 Å². The average Bonchev–Trinajstić information content (AvgIpc) is 3.37. The Kier molecular flexibility index (Phi) is 59.0. The molecule has 0 aromatic carbocycles. The lowest BCUT2D eigenvalue weighted by atomic mass is 10.0. The zero-order valence-electron chi connectivity index (χ0n) is 47.7. The molecule has 6 nitrogen and oxygen atoms in total. The van der Waals surface area contributed by atoms with Gasteiger partial charge < -0.3 is 20.3 Å². The molecule has 0 aliphatic carbocycles. The lowest BCUT2D eigenvalue weighted by Gasteiger charge is -2.20. The first-order valence-corrected chi connectivity index (χ1v) is 31.8. The van der Waals surface area contributed by atoms with E-state index >= 15 is 0 Å². The molecule has 1 amide bonds. The predicted octanol–water partition coefficient (Wildman–Crippen LogP) is 20.0. The van der Waals surface area contributed by atoms with E-state index < -0.39 is 12.1 Å². The summed E-state index contributed by atoms with van der Waals surface area (Å²) in [5.41, 5.74) is 0. The van der Waals surface area contributed by atoms with Gasteiger partial charge in [0.05, 0.1) is 25.4 Å². The van der Waals surface area contributed by atoms with Crippen molar-refractivity contribution in [1.82, 2.24) is 5.32 Å². The van der Waals surface area contributed by atoms with Crippen molar-refractivity contribution < 1.29 is 24.5 Å². The van der Waals surface area contributed by atoms with Crippen molar-refractivity contribution in [2.75, 3.05) is 13.2 Å². The third-order valence-corrected chi connectivity index (χ3v) is 14.6. The number of amides is 1. The summed E-state index contributed by atoms with van der Waals surface area (Å²) in [6, 6.07) is -0.626. The Bertz CT molecular complexity index is 1150. The van der Waals surface area contributed by atoms with Crippen LogP contribution in [0.2, 0.25) is 0 Å². The van der Waals surface area contributed by atoms with Gasteiger partial charge in [-0.1, -0.05) is 288 Å². The van der Waals surface area contributed by atoms with Gasteiger partial charge >= 0.3 is 5.97 Å². The first kappa shape index (κ1) is 69.1. The Hall–Kier alpha value is -1.92. The van der Waals surface area contributed by atoms with E-state index in [9.17, 15) is 19.8 Å². The Morgan fingerprint density at radius 3 is 1.04 bits per heavy atom. The van der Waals surface area contributed by atoms with E-state index in [1.165, 1.54) is 270 Å². The molecule has 2 atom stereocenters. The topological polar surface area (TPSA) is 95.9 Å². The molecule has 418 valence electrons. The normalized spacial score (nSPS) is 12.8. The predicted molar refractivity (Wildman–Crippen MR) is 310 cm³/mol. The molecule has 0 rings (SSSR count). The number of hydrogen-bond donors (Lipinski definition) is 3. The number of aliphatic hydroxyl groups is 2. The molecule has 0 saturated heterocycles. The molecule has 0 heterocycles. The quantitative estimate of drug-likeness (QED) is 0.0321. The largest absolute Gasteiger partial charge is 0.466 e. The summed E-state index contributed by atoms with van der Waals surface area (Å²) in [5, 5.41) is 23.1. The molecule has 6 heteroatoms. The summed E-state index contributed by atoms with van der Waals surface area (Å²) in [5.74, 6) is -0.0604. The average molecular weight is 999 g/mol. The zero-order chi connectivity index (χ0) is 51.4. The van der Waals surface area contributed by atoms with Gasteiger partial charge in [0.2, 0.25) is 5.91 Å². The summed E-state index contributed by atoms with van der Waals surface area (Å²) >= 11 is 0. The summed E-state index contributed by atoms with van der Waals surface area (Å²) in [7, 11) is 0. The second-order valence-corrected chi connectivity index (χ2v) is 21.7. The smallest absolute Gasteiger partial charge is 0.305 e. The minimum atomic E-state index is -0.842. The maximum Gasteiger partial charge on any atom is 0.305 e. The number of ether oxygens (including phenoxy) is 1. The third-order valence-electron chi connectivity index (χ3n) is 14.6. The number of esters is 1. The fraction of sp³-hybridized carbons (Fsp3) is 0.877. The van der Waals surface area contributed by atoms with Gasteiger partial charge in [-0.05, 0) is 77.0 Å². The maximum absolute atomic E-state index is 12.4. The van der Waals surface area contributed by atoms with Gasteiger partial charge in [-0.15, -0.1) is 0 Å². The number of nitrogens with one attached hydrogen (secondary N) is 1. The molecular weight excluding hydrogens is 875 g/mol. The van der Waals surface area contributed by atoms with Crippen LogP contribution in [-0.2, 0) is 14.3 Å². The fourth-order valence-electron chi connectivity index (χ4n) is 9.73. The van der Waals surface area contributed by atoms with Crippen molar-refractivity contribution in [2.45, 2.75) is 353 Å². The highest BCUT2D eigenvalue weighted by Gasteiger charge is 2.18. The lowest BCUT2D eigenvalue weighted by molar-refractivity contribution is -0.143. The second kappa shape index (κ2) is 60.6. The lowest BCUT2D eigenvalue weighted by Crippen LogP contribution is -2.45. The molecule has 0 bridgehead atoms. The number of unbranched alkanes of at least 4 members (excludes halogenated alkanes) is 44. The molecule has 0 radical (unpaired) electrons. The van der Waals surface area contributed by atoms with Crippen molar-refractivity contribution in [2.24, 2.45) is 0 Å². The molecule has 3 N–H and O–H groups in total. The number of carbonyl (C=O) groups is 2. The van der Waals surface area contributed by atoms with Gasteiger partial charge in [0.25, 0.3) is 0 Å². The molecular formula is C65H123NO5. The molecule has 0 aromatic rings. The molecule has 0 aliphatic rings. The molecule has 0 saturated carbocycles. The van der Waals surface area contributed by atoms with Crippen LogP contribution in [0.25, 0.3) is 0 Å². The van der Waals surface area contributed by atoms with E-state index in [0.29, 0.717) is 19.4 Å². The minimum absolute atomic E-state index is 0.00552. The molecule has 0 fully saturated rings. The Morgan fingerprint density at radius 2 is 0.676 bits per heavy atom. The van der Waals surface area contributed by atoms with Crippen molar-refractivity contribution in [3.8, 4) is 0 Å². The Morgan fingerprint density at radius 1 is 0.380 bits per heavy atom. The van der Waals surface area contributed by atoms with Crippen molar-refractivity contribution in [1.29, 1.82) is 0 Å². The van der Waals surface area contributed by atoms with Crippen LogP contribution in [0.15, 0.2) is 36.5 Å². The molecule has 0 aliphatic heterocycles. The van der Waals surface area contributed by atoms with Crippen LogP contribution in [0.4, 0.5) is 0 Å². The number of aliphatic hydroxyl groups excluding tert-OH is 2. The van der Waals surface area contributed by atoms with E-state index in [2.05, 4.69) is 43.5 Å². The van der Waals surface area contributed by atoms with Crippen LogP contribution in [0.1, 0.15) is 341 Å². The highest BCUT2D eigenvalue weighted by atomic mass is 16.5. The van der Waals surface area contributed by atoms with Gasteiger partial charge in [0, 0.05) is 12.8 Å². The van der Waals surface area contributed by atoms with E-state index in [0.717, 1.165) is 44.9 Å². The molecule has 2 unspecified atom stereocenters. The number of hydrogen-bond acceptors (Lipinski definition) is 5. The van der Waals surface area contributed by atoms with E-state index in [1.807, 2.05) is 6.08 Å². The van der Waals surface area contributed by atoms with Crippen LogP contribution < -0.4 is 5.32 Å². The van der Waals surface area contributed by atoms with Crippen LogP contribution in [0, 0.1) is 0 Å². The van der Waals surface area contributed by atoms with Gasteiger partial charge in [0.15, 0.2) is 0 Å².